The summed E-state index contributed by atoms with van der Waals surface area (Å²) in [5.74, 6) is -0.262. The van der Waals surface area contributed by atoms with Crippen molar-refractivity contribution in [1.82, 2.24) is 15.2 Å². The minimum absolute atomic E-state index is 0.0533. The lowest BCUT2D eigenvalue weighted by Crippen LogP contribution is -2.23. The maximum absolute atomic E-state index is 14.5. The van der Waals surface area contributed by atoms with Gasteiger partial charge in [-0.1, -0.05) is 18.2 Å². The van der Waals surface area contributed by atoms with E-state index in [1.165, 1.54) is 0 Å². The second kappa shape index (κ2) is 6.01. The molecule has 0 saturated heterocycles. The van der Waals surface area contributed by atoms with Crippen LogP contribution in [-0.2, 0) is 13.0 Å². The molecule has 1 aromatic heterocycles. The van der Waals surface area contributed by atoms with Gasteiger partial charge in [-0.3, -0.25) is 4.79 Å². The lowest BCUT2D eigenvalue weighted by molar-refractivity contribution is 0.0957. The minimum Gasteiger partial charge on any atom is -0.354 e. The molecule has 0 radical (unpaired) electrons. The van der Waals surface area contributed by atoms with Crippen molar-refractivity contribution in [3.63, 3.8) is 0 Å². The van der Waals surface area contributed by atoms with Crippen LogP contribution in [0.4, 0.5) is 4.39 Å². The molecule has 0 unspecified atom stereocenters. The van der Waals surface area contributed by atoms with Crippen LogP contribution in [0, 0.1) is 5.82 Å². The van der Waals surface area contributed by atoms with Crippen LogP contribution in [0.5, 0.6) is 0 Å². The first-order valence-corrected chi connectivity index (χ1v) is 8.40. The summed E-state index contributed by atoms with van der Waals surface area (Å²) in [6, 6.07) is 11.0. The van der Waals surface area contributed by atoms with Gasteiger partial charge in [0.25, 0.3) is 5.91 Å². The van der Waals surface area contributed by atoms with E-state index in [0.717, 1.165) is 34.1 Å². The van der Waals surface area contributed by atoms with Gasteiger partial charge in [-0.25, -0.2) is 4.39 Å². The van der Waals surface area contributed by atoms with Crippen molar-refractivity contribution in [1.29, 1.82) is 0 Å². The number of aromatic nitrogens is 1. The van der Waals surface area contributed by atoms with E-state index in [9.17, 15) is 9.18 Å². The highest BCUT2D eigenvalue weighted by atomic mass is 19.1. The largest absolute Gasteiger partial charge is 0.354 e. The van der Waals surface area contributed by atoms with Crippen molar-refractivity contribution in [2.75, 3.05) is 20.6 Å². The van der Waals surface area contributed by atoms with Crippen LogP contribution in [0.1, 0.15) is 21.5 Å². The topological polar surface area (TPSA) is 48.1 Å². The van der Waals surface area contributed by atoms with Gasteiger partial charge in [-0.05, 0) is 44.3 Å². The summed E-state index contributed by atoms with van der Waals surface area (Å²) in [4.78, 5) is 17.6. The molecular weight excluding hydrogens is 317 g/mol. The SMILES string of the molecule is CN(C)Cc1ccc(-c2[nH]c3cccc4c3c2CCNC4=O)cc1F. The molecule has 0 spiro atoms. The van der Waals surface area contributed by atoms with Crippen molar-refractivity contribution in [3.8, 4) is 11.3 Å². The van der Waals surface area contributed by atoms with Crippen LogP contribution >= 0.6 is 0 Å². The Hall–Kier alpha value is -2.66. The van der Waals surface area contributed by atoms with E-state index in [4.69, 9.17) is 0 Å². The highest BCUT2D eigenvalue weighted by Gasteiger charge is 2.22. The van der Waals surface area contributed by atoms with E-state index < -0.39 is 0 Å². The number of hydrogen-bond donors (Lipinski definition) is 2. The number of nitrogens with zero attached hydrogens (tertiary/aromatic N) is 1. The van der Waals surface area contributed by atoms with Gasteiger partial charge in [0.1, 0.15) is 5.82 Å². The molecule has 3 aromatic rings. The summed E-state index contributed by atoms with van der Waals surface area (Å²) in [7, 11) is 3.84. The van der Waals surface area contributed by atoms with Crippen LogP contribution in [0.3, 0.4) is 0 Å². The normalized spacial score (nSPS) is 14.0. The monoisotopic (exact) mass is 337 g/mol. The molecule has 0 saturated carbocycles. The first-order valence-electron chi connectivity index (χ1n) is 8.40. The van der Waals surface area contributed by atoms with Gasteiger partial charge >= 0.3 is 0 Å². The number of amides is 1. The van der Waals surface area contributed by atoms with Crippen LogP contribution in [0.15, 0.2) is 36.4 Å². The molecule has 1 aliphatic heterocycles. The molecule has 25 heavy (non-hydrogen) atoms. The molecule has 0 aliphatic carbocycles. The highest BCUT2D eigenvalue weighted by Crippen LogP contribution is 2.34. The van der Waals surface area contributed by atoms with Crippen molar-refractivity contribution in [2.45, 2.75) is 13.0 Å². The van der Waals surface area contributed by atoms with Crippen LogP contribution < -0.4 is 5.32 Å². The average molecular weight is 337 g/mol. The van der Waals surface area contributed by atoms with Gasteiger partial charge < -0.3 is 15.2 Å². The van der Waals surface area contributed by atoms with Crippen molar-refractivity contribution >= 4 is 16.8 Å². The third-order valence-electron chi connectivity index (χ3n) is 4.66. The number of nitrogens with one attached hydrogen (secondary N) is 2. The molecule has 0 bridgehead atoms. The third kappa shape index (κ3) is 2.70. The standard InChI is InChI=1S/C20H20FN3O/c1-24(2)11-13-7-6-12(10-16(13)21)19-14-8-9-22-20(25)15-4-3-5-17(23-19)18(14)15/h3-7,10,23H,8-9,11H2,1-2H3,(H,22,25). The molecule has 4 nitrogen and oxygen atoms in total. The molecule has 4 rings (SSSR count). The number of carbonyl (C=O) groups is 1. The lowest BCUT2D eigenvalue weighted by atomic mass is 9.99. The first-order chi connectivity index (χ1) is 12.0. The summed E-state index contributed by atoms with van der Waals surface area (Å²) in [5.41, 5.74) is 5.05. The second-order valence-electron chi connectivity index (χ2n) is 6.76. The molecule has 128 valence electrons. The number of H-pyrrole nitrogens is 1. The van der Waals surface area contributed by atoms with E-state index >= 15 is 0 Å². The smallest absolute Gasteiger partial charge is 0.251 e. The fourth-order valence-corrected chi connectivity index (χ4v) is 3.57. The zero-order chi connectivity index (χ0) is 17.6. The molecule has 2 N–H and O–H groups in total. The highest BCUT2D eigenvalue weighted by molar-refractivity contribution is 6.10. The fourth-order valence-electron chi connectivity index (χ4n) is 3.57. The zero-order valence-electron chi connectivity index (χ0n) is 14.3. The van der Waals surface area contributed by atoms with Crippen LogP contribution in [0.25, 0.3) is 22.2 Å². The van der Waals surface area contributed by atoms with Gasteiger partial charge in [-0.15, -0.1) is 0 Å². The van der Waals surface area contributed by atoms with Gasteiger partial charge in [0, 0.05) is 46.4 Å². The minimum atomic E-state index is -0.208. The Balaban J connectivity index is 1.87. The van der Waals surface area contributed by atoms with Gasteiger partial charge in [0.15, 0.2) is 0 Å². The van der Waals surface area contributed by atoms with Gasteiger partial charge in [0.2, 0.25) is 0 Å². The molecule has 0 fully saturated rings. The Morgan fingerprint density at radius 2 is 2.04 bits per heavy atom. The Labute approximate surface area is 145 Å². The maximum Gasteiger partial charge on any atom is 0.251 e. The predicted octanol–water partition coefficient (Wildman–Crippen LogP) is 3.32. The number of halogens is 1. The average Bonchev–Trinajstić information content (AvgIpc) is 2.86. The Bertz CT molecular complexity index is 974. The van der Waals surface area contributed by atoms with E-state index in [-0.39, 0.29) is 11.7 Å². The zero-order valence-corrected chi connectivity index (χ0v) is 14.3. The summed E-state index contributed by atoms with van der Waals surface area (Å²) < 4.78 is 14.5. The predicted molar refractivity (Wildman–Crippen MR) is 97.1 cm³/mol. The number of carbonyl (C=O) groups excluding carboxylic acids is 1. The molecule has 5 heteroatoms. The number of benzene rings is 2. The first kappa shape index (κ1) is 15.8. The van der Waals surface area contributed by atoms with Gasteiger partial charge in [-0.2, -0.15) is 0 Å². The summed E-state index contributed by atoms with van der Waals surface area (Å²) in [6.07, 6.45) is 0.721. The Kier molecular flexibility index (Phi) is 3.81. The summed E-state index contributed by atoms with van der Waals surface area (Å²) >= 11 is 0. The van der Waals surface area contributed by atoms with Crippen molar-refractivity contribution < 1.29 is 9.18 Å². The summed E-state index contributed by atoms with van der Waals surface area (Å²) in [5, 5.41) is 3.88. The fraction of sp³-hybridized carbons (Fsp3) is 0.250. The lowest BCUT2D eigenvalue weighted by Gasteiger charge is -2.12. The van der Waals surface area contributed by atoms with E-state index in [1.54, 1.807) is 6.07 Å². The van der Waals surface area contributed by atoms with Gasteiger partial charge in [0.05, 0.1) is 0 Å². The van der Waals surface area contributed by atoms with E-state index in [0.29, 0.717) is 24.2 Å². The molecular formula is C20H20FN3O. The van der Waals surface area contributed by atoms with E-state index in [2.05, 4.69) is 10.3 Å². The van der Waals surface area contributed by atoms with Crippen molar-refractivity contribution in [2.24, 2.45) is 0 Å². The van der Waals surface area contributed by atoms with Crippen LogP contribution in [-0.4, -0.2) is 36.4 Å². The number of aromatic amines is 1. The number of hydrogen-bond acceptors (Lipinski definition) is 2. The molecule has 1 amide bonds. The second-order valence-corrected chi connectivity index (χ2v) is 6.76. The molecule has 1 aliphatic rings. The van der Waals surface area contributed by atoms with Crippen LogP contribution in [0.2, 0.25) is 0 Å². The molecule has 0 atom stereocenters. The third-order valence-corrected chi connectivity index (χ3v) is 4.66. The quantitative estimate of drug-likeness (QED) is 0.770. The molecule has 2 aromatic carbocycles. The van der Waals surface area contributed by atoms with E-state index in [1.807, 2.05) is 49.3 Å². The summed E-state index contributed by atoms with van der Waals surface area (Å²) in [6.45, 7) is 1.14. The number of rotatable bonds is 3. The maximum atomic E-state index is 14.5. The Morgan fingerprint density at radius 1 is 1.20 bits per heavy atom. The molecule has 2 heterocycles. The van der Waals surface area contributed by atoms with Crippen molar-refractivity contribution in [3.05, 3.63) is 58.9 Å². The Morgan fingerprint density at radius 3 is 2.80 bits per heavy atom.